The molecule has 134 valence electrons. The van der Waals surface area contributed by atoms with Crippen molar-refractivity contribution in [3.63, 3.8) is 0 Å². The van der Waals surface area contributed by atoms with Gasteiger partial charge in [0.1, 0.15) is 11.6 Å². The summed E-state index contributed by atoms with van der Waals surface area (Å²) in [5.41, 5.74) is 1.18. The predicted molar refractivity (Wildman–Crippen MR) is 103 cm³/mol. The van der Waals surface area contributed by atoms with E-state index in [1.165, 1.54) is 0 Å². The lowest BCUT2D eigenvalue weighted by atomic mass is 10.2. The molecule has 0 aliphatic heterocycles. The molecule has 0 atom stereocenters. The monoisotopic (exact) mass is 341 g/mol. The third-order valence-corrected chi connectivity index (χ3v) is 3.75. The number of amides is 1. The fourth-order valence-electron chi connectivity index (χ4n) is 2.38. The molecule has 0 aliphatic carbocycles. The van der Waals surface area contributed by atoms with E-state index in [2.05, 4.69) is 22.1 Å². The van der Waals surface area contributed by atoms with E-state index in [0.717, 1.165) is 25.2 Å². The van der Waals surface area contributed by atoms with Gasteiger partial charge in [-0.2, -0.15) is 0 Å². The summed E-state index contributed by atoms with van der Waals surface area (Å²) in [6.07, 6.45) is 3.91. The molecular formula is C20H27N3O2. The second-order valence-electron chi connectivity index (χ2n) is 6.30. The van der Waals surface area contributed by atoms with Gasteiger partial charge >= 0.3 is 0 Å². The van der Waals surface area contributed by atoms with Crippen molar-refractivity contribution in [2.45, 2.75) is 39.7 Å². The van der Waals surface area contributed by atoms with Gasteiger partial charge in [0.25, 0.3) is 5.91 Å². The topological polar surface area (TPSA) is 54.5 Å². The molecule has 0 bridgehead atoms. The number of unbranched alkanes of at least 4 members (excludes halogenated alkanes) is 1. The van der Waals surface area contributed by atoms with Gasteiger partial charge in [0.05, 0.1) is 17.4 Å². The molecule has 1 amide bonds. The van der Waals surface area contributed by atoms with Gasteiger partial charge in [-0.15, -0.1) is 0 Å². The maximum absolute atomic E-state index is 12.5. The van der Waals surface area contributed by atoms with Crippen LogP contribution in [-0.2, 0) is 0 Å². The Hall–Kier alpha value is -2.56. The molecule has 25 heavy (non-hydrogen) atoms. The molecule has 5 heteroatoms. The number of benzene rings is 1. The quantitative estimate of drug-likeness (QED) is 0.775. The minimum atomic E-state index is -0.199. The van der Waals surface area contributed by atoms with Gasteiger partial charge in [0.2, 0.25) is 0 Å². The Bertz CT molecular complexity index is 684. The number of carbonyl (C=O) groups excluding carboxylic acids is 1. The molecule has 0 aliphatic rings. The first kappa shape index (κ1) is 18.8. The largest absolute Gasteiger partial charge is 0.489 e. The fourth-order valence-corrected chi connectivity index (χ4v) is 2.38. The molecule has 0 spiro atoms. The van der Waals surface area contributed by atoms with E-state index >= 15 is 0 Å². The van der Waals surface area contributed by atoms with Gasteiger partial charge in [-0.05, 0) is 44.5 Å². The smallest absolute Gasteiger partial charge is 0.257 e. The van der Waals surface area contributed by atoms with Gasteiger partial charge in [-0.25, -0.2) is 4.98 Å². The summed E-state index contributed by atoms with van der Waals surface area (Å²) < 4.78 is 5.73. The van der Waals surface area contributed by atoms with Crippen LogP contribution in [0.5, 0.6) is 5.75 Å². The van der Waals surface area contributed by atoms with Crippen LogP contribution in [0.3, 0.4) is 0 Å². The Morgan fingerprint density at radius 3 is 2.64 bits per heavy atom. The molecule has 2 aromatic rings. The number of aromatic nitrogens is 1. The van der Waals surface area contributed by atoms with E-state index in [0.29, 0.717) is 17.0 Å². The first-order valence-electron chi connectivity index (χ1n) is 8.75. The van der Waals surface area contributed by atoms with E-state index in [1.807, 2.05) is 51.2 Å². The highest BCUT2D eigenvalue weighted by molar-refractivity contribution is 6.04. The highest BCUT2D eigenvalue weighted by Gasteiger charge is 2.12. The third kappa shape index (κ3) is 5.48. The molecule has 1 heterocycles. The summed E-state index contributed by atoms with van der Waals surface area (Å²) in [6.45, 7) is 7.02. The number of pyridine rings is 1. The van der Waals surface area contributed by atoms with Crippen molar-refractivity contribution in [3.8, 4) is 5.75 Å². The first-order valence-corrected chi connectivity index (χ1v) is 8.75. The van der Waals surface area contributed by atoms with Gasteiger partial charge in [0.15, 0.2) is 0 Å². The van der Waals surface area contributed by atoms with Crippen LogP contribution in [-0.4, -0.2) is 30.6 Å². The molecule has 0 unspecified atom stereocenters. The van der Waals surface area contributed by atoms with E-state index in [9.17, 15) is 4.79 Å². The van der Waals surface area contributed by atoms with Crippen molar-refractivity contribution in [1.29, 1.82) is 0 Å². The molecule has 0 saturated heterocycles. The van der Waals surface area contributed by atoms with E-state index in [4.69, 9.17) is 4.74 Å². The molecule has 1 N–H and O–H groups in total. The Balaban J connectivity index is 2.06. The van der Waals surface area contributed by atoms with Gasteiger partial charge < -0.3 is 15.0 Å². The zero-order chi connectivity index (χ0) is 18.2. The molecular weight excluding hydrogens is 314 g/mol. The fraction of sp³-hybridized carbons (Fsp3) is 0.400. The molecule has 0 fully saturated rings. The SMILES string of the molecule is CCCCN(C)c1ccc(C(=O)Nc2ccccc2OC(C)C)cn1. The number of nitrogens with zero attached hydrogens (tertiary/aromatic N) is 2. The number of hydrogen-bond donors (Lipinski definition) is 1. The van der Waals surface area contributed by atoms with Crippen LogP contribution in [0.1, 0.15) is 44.0 Å². The average molecular weight is 341 g/mol. The summed E-state index contributed by atoms with van der Waals surface area (Å²) in [6, 6.07) is 11.1. The maximum Gasteiger partial charge on any atom is 0.257 e. The minimum Gasteiger partial charge on any atom is -0.489 e. The maximum atomic E-state index is 12.5. The molecule has 1 aromatic carbocycles. The van der Waals surface area contributed by atoms with Crippen molar-refractivity contribution in [2.75, 3.05) is 23.8 Å². The average Bonchev–Trinajstić information content (AvgIpc) is 2.61. The van der Waals surface area contributed by atoms with Gasteiger partial charge in [-0.1, -0.05) is 25.5 Å². The number of hydrogen-bond acceptors (Lipinski definition) is 4. The summed E-state index contributed by atoms with van der Waals surface area (Å²) in [5, 5.41) is 2.90. The second kappa shape index (κ2) is 9.06. The summed E-state index contributed by atoms with van der Waals surface area (Å²) in [7, 11) is 2.01. The molecule has 0 radical (unpaired) electrons. The van der Waals surface area contributed by atoms with Crippen LogP contribution in [0.2, 0.25) is 0 Å². The second-order valence-corrected chi connectivity index (χ2v) is 6.30. The zero-order valence-electron chi connectivity index (χ0n) is 15.5. The van der Waals surface area contributed by atoms with Gasteiger partial charge in [0, 0.05) is 19.8 Å². The van der Waals surface area contributed by atoms with Crippen LogP contribution < -0.4 is 15.0 Å². The van der Waals surface area contributed by atoms with Crippen LogP contribution in [0, 0.1) is 0 Å². The Morgan fingerprint density at radius 1 is 1.24 bits per heavy atom. The molecule has 5 nitrogen and oxygen atoms in total. The van der Waals surface area contributed by atoms with Crippen LogP contribution in [0.25, 0.3) is 0 Å². The van der Waals surface area contributed by atoms with E-state index < -0.39 is 0 Å². The highest BCUT2D eigenvalue weighted by Crippen LogP contribution is 2.25. The van der Waals surface area contributed by atoms with Crippen molar-refractivity contribution >= 4 is 17.4 Å². The Kier molecular flexibility index (Phi) is 6.81. The standard InChI is InChI=1S/C20H27N3O2/c1-5-6-13-23(4)19-12-11-16(14-21-19)20(24)22-17-9-7-8-10-18(17)25-15(2)3/h7-12,14-15H,5-6,13H2,1-4H3,(H,22,24). The molecule has 1 aromatic heterocycles. The van der Waals surface area contributed by atoms with Crippen LogP contribution in [0.15, 0.2) is 42.6 Å². The van der Waals surface area contributed by atoms with Crippen molar-refractivity contribution in [1.82, 2.24) is 4.98 Å². The number of nitrogens with one attached hydrogen (secondary N) is 1. The van der Waals surface area contributed by atoms with E-state index in [-0.39, 0.29) is 12.0 Å². The summed E-state index contributed by atoms with van der Waals surface area (Å²) in [5.74, 6) is 1.33. The number of ether oxygens (including phenoxy) is 1. The number of anilines is 2. The van der Waals surface area contributed by atoms with Crippen LogP contribution >= 0.6 is 0 Å². The molecule has 0 saturated carbocycles. The summed E-state index contributed by atoms with van der Waals surface area (Å²) >= 11 is 0. The van der Waals surface area contributed by atoms with Gasteiger partial charge in [-0.3, -0.25) is 4.79 Å². The predicted octanol–water partition coefficient (Wildman–Crippen LogP) is 4.36. The van der Waals surface area contributed by atoms with E-state index in [1.54, 1.807) is 12.3 Å². The van der Waals surface area contributed by atoms with Crippen molar-refractivity contribution in [2.24, 2.45) is 0 Å². The lowest BCUT2D eigenvalue weighted by molar-refractivity contribution is 0.102. The first-order chi connectivity index (χ1) is 12.0. The lowest BCUT2D eigenvalue weighted by Gasteiger charge is -2.18. The number of carbonyl (C=O) groups is 1. The molecule has 2 rings (SSSR count). The van der Waals surface area contributed by atoms with Crippen molar-refractivity contribution in [3.05, 3.63) is 48.2 Å². The Morgan fingerprint density at radius 2 is 2.00 bits per heavy atom. The number of para-hydroxylation sites is 2. The normalized spacial score (nSPS) is 10.6. The number of rotatable bonds is 8. The Labute approximate surface area is 150 Å². The third-order valence-electron chi connectivity index (χ3n) is 3.75. The lowest BCUT2D eigenvalue weighted by Crippen LogP contribution is -2.20. The van der Waals surface area contributed by atoms with Crippen molar-refractivity contribution < 1.29 is 9.53 Å². The minimum absolute atomic E-state index is 0.0395. The summed E-state index contributed by atoms with van der Waals surface area (Å²) in [4.78, 5) is 19.0. The highest BCUT2D eigenvalue weighted by atomic mass is 16.5. The van der Waals surface area contributed by atoms with Crippen LogP contribution in [0.4, 0.5) is 11.5 Å². The zero-order valence-corrected chi connectivity index (χ0v) is 15.5.